The fourth-order valence-electron chi connectivity index (χ4n) is 5.31. The number of ether oxygens (including phenoxy) is 1. The Morgan fingerprint density at radius 1 is 0.875 bits per heavy atom. The van der Waals surface area contributed by atoms with Gasteiger partial charge in [0.15, 0.2) is 0 Å². The van der Waals surface area contributed by atoms with Gasteiger partial charge < -0.3 is 10.1 Å². The standard InChI is InChI=1S/C29H26N2O/c1-19-9-8-10-20(17-19)18-26-29(28(2,3)23-13-6-7-14-24(23)31-29)32-25-16-15-21-11-4-5-12-22(21)27(25)30-26/h4-17,31H,18H2,1-3H3. The van der Waals surface area contributed by atoms with Crippen LogP contribution >= 0.6 is 0 Å². The number of aryl methyl sites for hydroxylation is 1. The molecular formula is C29H26N2O. The van der Waals surface area contributed by atoms with E-state index in [0.29, 0.717) is 0 Å². The third kappa shape index (κ3) is 2.64. The molecule has 3 nitrogen and oxygen atoms in total. The smallest absolute Gasteiger partial charge is 0.229 e. The van der Waals surface area contributed by atoms with Gasteiger partial charge in [-0.15, -0.1) is 0 Å². The molecule has 3 heteroatoms. The van der Waals surface area contributed by atoms with Crippen LogP contribution < -0.4 is 10.1 Å². The van der Waals surface area contributed by atoms with Crippen molar-refractivity contribution < 1.29 is 4.74 Å². The minimum atomic E-state index is -0.754. The van der Waals surface area contributed by atoms with Crippen molar-refractivity contribution in [3.05, 3.63) is 102 Å². The SMILES string of the molecule is Cc1cccc(CC2=Nc3c(ccc4ccccc34)OC23Nc2ccccc2C3(C)C)c1. The fourth-order valence-corrected chi connectivity index (χ4v) is 5.31. The van der Waals surface area contributed by atoms with Crippen LogP contribution in [0.4, 0.5) is 11.4 Å². The molecule has 2 aliphatic rings. The first-order chi connectivity index (χ1) is 15.5. The normalized spacial score (nSPS) is 20.3. The van der Waals surface area contributed by atoms with Crippen LogP contribution in [0.1, 0.15) is 30.5 Å². The molecule has 0 saturated heterocycles. The number of hydrogen-bond donors (Lipinski definition) is 1. The van der Waals surface area contributed by atoms with E-state index >= 15 is 0 Å². The number of para-hydroxylation sites is 1. The molecule has 4 aromatic rings. The van der Waals surface area contributed by atoms with E-state index in [4.69, 9.17) is 9.73 Å². The number of aliphatic imine (C=N–C) groups is 1. The molecule has 0 bridgehead atoms. The lowest BCUT2D eigenvalue weighted by Crippen LogP contribution is -2.61. The minimum Gasteiger partial charge on any atom is -0.459 e. The molecule has 4 aromatic carbocycles. The van der Waals surface area contributed by atoms with Crippen LogP contribution in [0.25, 0.3) is 10.8 Å². The summed E-state index contributed by atoms with van der Waals surface area (Å²) in [5.41, 5.74) is 5.72. The van der Waals surface area contributed by atoms with E-state index in [2.05, 4.69) is 111 Å². The lowest BCUT2D eigenvalue weighted by Gasteiger charge is -2.45. The van der Waals surface area contributed by atoms with Gasteiger partial charge in [0.05, 0.1) is 11.1 Å². The van der Waals surface area contributed by atoms with Gasteiger partial charge in [0, 0.05) is 17.5 Å². The fraction of sp³-hybridized carbons (Fsp3) is 0.207. The summed E-state index contributed by atoms with van der Waals surface area (Å²) in [6, 6.07) is 29.7. The maximum absolute atomic E-state index is 6.96. The van der Waals surface area contributed by atoms with E-state index in [1.807, 2.05) is 0 Å². The molecule has 2 aliphatic heterocycles. The number of benzene rings is 4. The highest BCUT2D eigenvalue weighted by Gasteiger charge is 2.59. The summed E-state index contributed by atoms with van der Waals surface area (Å²) >= 11 is 0. The monoisotopic (exact) mass is 418 g/mol. The van der Waals surface area contributed by atoms with Gasteiger partial charge in [-0.25, -0.2) is 4.99 Å². The first kappa shape index (κ1) is 19.1. The van der Waals surface area contributed by atoms with Gasteiger partial charge in [0.2, 0.25) is 5.72 Å². The second-order valence-electron chi connectivity index (χ2n) is 9.44. The second-order valence-corrected chi connectivity index (χ2v) is 9.44. The van der Waals surface area contributed by atoms with Gasteiger partial charge in [-0.1, -0.05) is 78.4 Å². The zero-order valence-corrected chi connectivity index (χ0v) is 18.6. The highest BCUT2D eigenvalue weighted by Crippen LogP contribution is 2.53. The van der Waals surface area contributed by atoms with Crippen LogP contribution in [-0.4, -0.2) is 11.4 Å². The van der Waals surface area contributed by atoms with Crippen molar-refractivity contribution in [3.63, 3.8) is 0 Å². The van der Waals surface area contributed by atoms with Gasteiger partial charge in [-0.05, 0) is 49.4 Å². The van der Waals surface area contributed by atoms with E-state index in [0.717, 1.165) is 34.6 Å². The Balaban J connectivity index is 1.59. The summed E-state index contributed by atoms with van der Waals surface area (Å²) in [5, 5.41) is 6.05. The molecule has 1 N–H and O–H groups in total. The first-order valence-corrected chi connectivity index (χ1v) is 11.2. The largest absolute Gasteiger partial charge is 0.459 e. The maximum atomic E-state index is 6.96. The van der Waals surface area contributed by atoms with E-state index < -0.39 is 5.72 Å². The lowest BCUT2D eigenvalue weighted by molar-refractivity contribution is 0.0998. The van der Waals surface area contributed by atoms with E-state index in [-0.39, 0.29) is 5.41 Å². The summed E-state index contributed by atoms with van der Waals surface area (Å²) in [5.74, 6) is 0.824. The number of rotatable bonds is 2. The van der Waals surface area contributed by atoms with Crippen LogP contribution in [0.5, 0.6) is 5.75 Å². The predicted molar refractivity (Wildman–Crippen MR) is 132 cm³/mol. The van der Waals surface area contributed by atoms with Crippen molar-refractivity contribution in [1.82, 2.24) is 0 Å². The summed E-state index contributed by atoms with van der Waals surface area (Å²) in [7, 11) is 0. The van der Waals surface area contributed by atoms with Crippen LogP contribution in [0, 0.1) is 6.92 Å². The van der Waals surface area contributed by atoms with Crippen molar-refractivity contribution in [2.24, 2.45) is 4.99 Å². The molecular weight excluding hydrogens is 392 g/mol. The molecule has 158 valence electrons. The molecule has 32 heavy (non-hydrogen) atoms. The molecule has 0 saturated carbocycles. The maximum Gasteiger partial charge on any atom is 0.229 e. The molecule has 1 unspecified atom stereocenters. The summed E-state index contributed by atoms with van der Waals surface area (Å²) in [6.07, 6.45) is 0.717. The highest BCUT2D eigenvalue weighted by atomic mass is 16.5. The number of anilines is 1. The molecule has 0 aromatic heterocycles. The summed E-state index contributed by atoms with van der Waals surface area (Å²) in [4.78, 5) is 5.34. The molecule has 0 aliphatic carbocycles. The van der Waals surface area contributed by atoms with Crippen molar-refractivity contribution in [3.8, 4) is 5.75 Å². The molecule has 0 fully saturated rings. The Bertz CT molecular complexity index is 1400. The van der Waals surface area contributed by atoms with Gasteiger partial charge in [0.1, 0.15) is 11.4 Å². The number of nitrogens with one attached hydrogen (secondary N) is 1. The summed E-state index contributed by atoms with van der Waals surface area (Å²) in [6.45, 7) is 6.64. The Morgan fingerprint density at radius 2 is 1.69 bits per heavy atom. The quantitative estimate of drug-likeness (QED) is 0.382. The Hall–Kier alpha value is -3.59. The average molecular weight is 419 g/mol. The molecule has 0 amide bonds. The first-order valence-electron chi connectivity index (χ1n) is 11.2. The third-order valence-corrected chi connectivity index (χ3v) is 7.03. The minimum absolute atomic E-state index is 0.310. The highest BCUT2D eigenvalue weighted by molar-refractivity contribution is 6.07. The van der Waals surface area contributed by atoms with Crippen LogP contribution in [0.15, 0.2) is 89.9 Å². The number of nitrogens with zero attached hydrogens (tertiary/aromatic N) is 1. The summed E-state index contributed by atoms with van der Waals surface area (Å²) < 4.78 is 6.96. The van der Waals surface area contributed by atoms with Crippen LogP contribution in [0.2, 0.25) is 0 Å². The zero-order chi connectivity index (χ0) is 21.9. The lowest BCUT2D eigenvalue weighted by atomic mass is 9.74. The van der Waals surface area contributed by atoms with Gasteiger partial charge in [-0.2, -0.15) is 0 Å². The van der Waals surface area contributed by atoms with E-state index in [1.165, 1.54) is 22.1 Å². The van der Waals surface area contributed by atoms with Crippen LogP contribution in [-0.2, 0) is 11.8 Å². The predicted octanol–water partition coefficient (Wildman–Crippen LogP) is 6.96. The Morgan fingerprint density at radius 3 is 2.53 bits per heavy atom. The van der Waals surface area contributed by atoms with E-state index in [9.17, 15) is 0 Å². The van der Waals surface area contributed by atoms with Crippen LogP contribution in [0.3, 0.4) is 0 Å². The van der Waals surface area contributed by atoms with Crippen molar-refractivity contribution in [2.75, 3.05) is 5.32 Å². The van der Waals surface area contributed by atoms with E-state index in [1.54, 1.807) is 0 Å². The third-order valence-electron chi connectivity index (χ3n) is 7.03. The van der Waals surface area contributed by atoms with Crippen molar-refractivity contribution >= 4 is 27.9 Å². The Labute approximate surface area is 188 Å². The number of hydrogen-bond acceptors (Lipinski definition) is 3. The zero-order valence-electron chi connectivity index (χ0n) is 18.6. The molecule has 2 heterocycles. The van der Waals surface area contributed by atoms with Gasteiger partial charge >= 0.3 is 0 Å². The molecule has 6 rings (SSSR count). The van der Waals surface area contributed by atoms with Crippen molar-refractivity contribution in [2.45, 2.75) is 38.3 Å². The average Bonchev–Trinajstić information content (AvgIpc) is 3.01. The van der Waals surface area contributed by atoms with Gasteiger partial charge in [0.25, 0.3) is 0 Å². The Kier molecular flexibility index (Phi) is 4.00. The van der Waals surface area contributed by atoms with Crippen molar-refractivity contribution in [1.29, 1.82) is 0 Å². The number of fused-ring (bicyclic) bond motifs is 4. The second kappa shape index (κ2) is 6.70. The molecule has 0 radical (unpaired) electrons. The molecule has 1 atom stereocenters. The van der Waals surface area contributed by atoms with Gasteiger partial charge in [-0.3, -0.25) is 0 Å². The molecule has 1 spiro atoms. The topological polar surface area (TPSA) is 33.6 Å².